The third-order valence-electron chi connectivity index (χ3n) is 4.37. The van der Waals surface area contributed by atoms with Crippen molar-refractivity contribution < 1.29 is 9.26 Å². The molecular weight excluding hydrogens is 278 g/mol. The van der Waals surface area contributed by atoms with Crippen molar-refractivity contribution in [3.63, 3.8) is 0 Å². The number of ether oxygens (including phenoxy) is 1. The number of aryl methyl sites for hydroxylation is 2. The Balaban J connectivity index is 1.58. The Labute approximate surface area is 131 Å². The Kier molecular flexibility index (Phi) is 4.34. The molecule has 0 N–H and O–H groups in total. The molecule has 1 saturated heterocycles. The Hall–Kier alpha value is -2.01. The summed E-state index contributed by atoms with van der Waals surface area (Å²) in [5.41, 5.74) is 3.51. The minimum absolute atomic E-state index is 0.904. The SMILES string of the molecule is COc1ccc(N2CCN(Cc3c(C)noc3C)CC2)cc1. The van der Waals surface area contributed by atoms with E-state index in [1.165, 1.54) is 11.3 Å². The first kappa shape index (κ1) is 14.9. The highest BCUT2D eigenvalue weighted by atomic mass is 16.5. The highest BCUT2D eigenvalue weighted by molar-refractivity contribution is 5.49. The van der Waals surface area contributed by atoms with Gasteiger partial charge >= 0.3 is 0 Å². The molecule has 0 atom stereocenters. The lowest BCUT2D eigenvalue weighted by atomic mass is 10.1. The Morgan fingerprint density at radius 2 is 1.77 bits per heavy atom. The van der Waals surface area contributed by atoms with Crippen molar-refractivity contribution in [2.45, 2.75) is 20.4 Å². The van der Waals surface area contributed by atoms with E-state index in [0.717, 1.165) is 49.9 Å². The van der Waals surface area contributed by atoms with E-state index in [-0.39, 0.29) is 0 Å². The quantitative estimate of drug-likeness (QED) is 0.868. The second-order valence-electron chi connectivity index (χ2n) is 5.76. The minimum atomic E-state index is 0.904. The van der Waals surface area contributed by atoms with Gasteiger partial charge in [0.05, 0.1) is 12.8 Å². The molecule has 1 aliphatic heterocycles. The lowest BCUT2D eigenvalue weighted by Gasteiger charge is -2.36. The summed E-state index contributed by atoms with van der Waals surface area (Å²) in [5.74, 6) is 1.84. The van der Waals surface area contributed by atoms with Crippen LogP contribution in [0.2, 0.25) is 0 Å². The van der Waals surface area contributed by atoms with Crippen LogP contribution in [0.3, 0.4) is 0 Å². The summed E-state index contributed by atoms with van der Waals surface area (Å²) < 4.78 is 10.5. The van der Waals surface area contributed by atoms with Crippen LogP contribution >= 0.6 is 0 Å². The summed E-state index contributed by atoms with van der Waals surface area (Å²) in [6, 6.07) is 8.29. The molecule has 5 nitrogen and oxygen atoms in total. The molecule has 1 fully saturated rings. The van der Waals surface area contributed by atoms with Gasteiger partial charge in [0.2, 0.25) is 0 Å². The second-order valence-corrected chi connectivity index (χ2v) is 5.76. The summed E-state index contributed by atoms with van der Waals surface area (Å²) in [6.45, 7) is 9.11. The number of benzene rings is 1. The van der Waals surface area contributed by atoms with Crippen LogP contribution in [0.1, 0.15) is 17.0 Å². The molecule has 0 spiro atoms. The molecule has 3 rings (SSSR count). The van der Waals surface area contributed by atoms with Gasteiger partial charge in [0, 0.05) is 44.0 Å². The van der Waals surface area contributed by atoms with Crippen molar-refractivity contribution >= 4 is 5.69 Å². The van der Waals surface area contributed by atoms with Crippen molar-refractivity contribution in [2.24, 2.45) is 0 Å². The highest BCUT2D eigenvalue weighted by Gasteiger charge is 2.20. The fourth-order valence-corrected chi connectivity index (χ4v) is 2.91. The predicted octanol–water partition coefficient (Wildman–Crippen LogP) is 2.62. The molecule has 118 valence electrons. The fraction of sp³-hybridized carbons (Fsp3) is 0.471. The summed E-state index contributed by atoms with van der Waals surface area (Å²) in [7, 11) is 1.70. The first-order chi connectivity index (χ1) is 10.7. The normalized spacial score (nSPS) is 16.0. The molecule has 0 aliphatic carbocycles. The van der Waals surface area contributed by atoms with E-state index in [1.54, 1.807) is 7.11 Å². The number of aromatic nitrogens is 1. The number of nitrogens with zero attached hydrogens (tertiary/aromatic N) is 3. The zero-order valence-corrected chi connectivity index (χ0v) is 13.5. The number of piperazine rings is 1. The fourth-order valence-electron chi connectivity index (χ4n) is 2.91. The smallest absolute Gasteiger partial charge is 0.138 e. The number of methoxy groups -OCH3 is 1. The van der Waals surface area contributed by atoms with Crippen LogP contribution in [-0.4, -0.2) is 43.3 Å². The van der Waals surface area contributed by atoms with Crippen LogP contribution in [0.5, 0.6) is 5.75 Å². The first-order valence-corrected chi connectivity index (χ1v) is 7.70. The van der Waals surface area contributed by atoms with E-state index in [9.17, 15) is 0 Å². The Bertz CT molecular complexity index is 594. The van der Waals surface area contributed by atoms with Crippen molar-refractivity contribution in [3.8, 4) is 5.75 Å². The van der Waals surface area contributed by atoms with Gasteiger partial charge < -0.3 is 14.2 Å². The topological polar surface area (TPSA) is 41.7 Å². The molecular formula is C17H23N3O2. The van der Waals surface area contributed by atoms with Gasteiger partial charge in [0.1, 0.15) is 11.5 Å². The van der Waals surface area contributed by atoms with Gasteiger partial charge in [0.15, 0.2) is 0 Å². The predicted molar refractivity (Wildman–Crippen MR) is 86.5 cm³/mol. The van der Waals surface area contributed by atoms with Crippen LogP contribution in [0, 0.1) is 13.8 Å². The Morgan fingerprint density at radius 3 is 2.32 bits per heavy atom. The van der Waals surface area contributed by atoms with Gasteiger partial charge in [-0.3, -0.25) is 4.90 Å². The summed E-state index contributed by atoms with van der Waals surface area (Å²) in [6.07, 6.45) is 0. The third kappa shape index (κ3) is 3.09. The molecule has 22 heavy (non-hydrogen) atoms. The third-order valence-corrected chi connectivity index (χ3v) is 4.37. The first-order valence-electron chi connectivity index (χ1n) is 7.70. The van der Waals surface area contributed by atoms with Crippen molar-refractivity contribution in [1.29, 1.82) is 0 Å². The van der Waals surface area contributed by atoms with Gasteiger partial charge in [-0.25, -0.2) is 0 Å². The molecule has 2 heterocycles. The summed E-state index contributed by atoms with van der Waals surface area (Å²) in [4.78, 5) is 4.88. The number of hydrogen-bond donors (Lipinski definition) is 0. The molecule has 2 aromatic rings. The van der Waals surface area contributed by atoms with Gasteiger partial charge in [-0.05, 0) is 38.1 Å². The molecule has 0 saturated carbocycles. The largest absolute Gasteiger partial charge is 0.497 e. The maximum absolute atomic E-state index is 5.25. The number of anilines is 1. The molecule has 0 unspecified atom stereocenters. The molecule has 0 bridgehead atoms. The van der Waals surface area contributed by atoms with E-state index in [0.29, 0.717) is 0 Å². The van der Waals surface area contributed by atoms with E-state index in [4.69, 9.17) is 9.26 Å². The molecule has 1 aliphatic rings. The van der Waals surface area contributed by atoms with Crippen molar-refractivity contribution in [1.82, 2.24) is 10.1 Å². The van der Waals surface area contributed by atoms with Gasteiger partial charge in [-0.15, -0.1) is 0 Å². The molecule has 5 heteroatoms. The average molecular weight is 301 g/mol. The average Bonchev–Trinajstić information content (AvgIpc) is 2.88. The lowest BCUT2D eigenvalue weighted by Crippen LogP contribution is -2.46. The van der Waals surface area contributed by atoms with Crippen LogP contribution in [0.15, 0.2) is 28.8 Å². The van der Waals surface area contributed by atoms with E-state index < -0.39 is 0 Å². The van der Waals surface area contributed by atoms with Crippen molar-refractivity contribution in [2.75, 3.05) is 38.2 Å². The van der Waals surface area contributed by atoms with Crippen LogP contribution in [0.4, 0.5) is 5.69 Å². The van der Waals surface area contributed by atoms with E-state index in [2.05, 4.69) is 27.1 Å². The van der Waals surface area contributed by atoms with E-state index >= 15 is 0 Å². The van der Waals surface area contributed by atoms with Gasteiger partial charge in [0.25, 0.3) is 0 Å². The standard InChI is InChI=1S/C17H23N3O2/c1-13-17(14(2)22-18-13)12-19-8-10-20(11-9-19)15-4-6-16(21-3)7-5-15/h4-7H,8-12H2,1-3H3. The monoisotopic (exact) mass is 301 g/mol. The summed E-state index contributed by atoms with van der Waals surface area (Å²) in [5, 5.41) is 4.04. The van der Waals surface area contributed by atoms with Crippen LogP contribution < -0.4 is 9.64 Å². The van der Waals surface area contributed by atoms with E-state index in [1.807, 2.05) is 26.0 Å². The summed E-state index contributed by atoms with van der Waals surface area (Å²) >= 11 is 0. The van der Waals surface area contributed by atoms with Crippen molar-refractivity contribution in [3.05, 3.63) is 41.3 Å². The van der Waals surface area contributed by atoms with Gasteiger partial charge in [-0.1, -0.05) is 5.16 Å². The minimum Gasteiger partial charge on any atom is -0.497 e. The zero-order valence-electron chi connectivity index (χ0n) is 13.5. The highest BCUT2D eigenvalue weighted by Crippen LogP contribution is 2.22. The number of hydrogen-bond acceptors (Lipinski definition) is 5. The molecule has 1 aromatic carbocycles. The Morgan fingerprint density at radius 1 is 1.09 bits per heavy atom. The maximum atomic E-state index is 5.25. The molecule has 0 amide bonds. The second kappa shape index (κ2) is 6.40. The zero-order chi connectivity index (χ0) is 15.5. The maximum Gasteiger partial charge on any atom is 0.138 e. The van der Waals surface area contributed by atoms with Crippen LogP contribution in [-0.2, 0) is 6.54 Å². The number of rotatable bonds is 4. The molecule has 1 aromatic heterocycles. The lowest BCUT2D eigenvalue weighted by molar-refractivity contribution is 0.248. The van der Waals surface area contributed by atoms with Crippen LogP contribution in [0.25, 0.3) is 0 Å². The molecule has 0 radical (unpaired) electrons. The van der Waals surface area contributed by atoms with Gasteiger partial charge in [-0.2, -0.15) is 0 Å².